The van der Waals surface area contributed by atoms with Gasteiger partial charge >= 0.3 is 5.97 Å². The first-order valence-corrected chi connectivity index (χ1v) is 8.57. The Hall–Kier alpha value is -1.43. The lowest BCUT2D eigenvalue weighted by Crippen LogP contribution is -2.41. The molecule has 0 spiro atoms. The van der Waals surface area contributed by atoms with Gasteiger partial charge in [0.05, 0.1) is 5.56 Å². The summed E-state index contributed by atoms with van der Waals surface area (Å²) in [5.41, 5.74) is 1.50. The van der Waals surface area contributed by atoms with E-state index in [9.17, 15) is 14.7 Å². The highest BCUT2D eigenvalue weighted by Gasteiger charge is 2.28. The van der Waals surface area contributed by atoms with E-state index in [2.05, 4.69) is 5.32 Å². The highest BCUT2D eigenvalue weighted by atomic mass is 32.2. The standard InChI is InChI=1S/C15H21NO4S/c1-9-13(10-5-3-4-6-12(10)20-9)14(17)16-11(15(18)19)7-8-21-2/h11H,3-8H2,1-2H3,(H,16,17)(H,18,19)/t11-/m0/s1. The van der Waals surface area contributed by atoms with Crippen molar-refractivity contribution < 1.29 is 19.1 Å². The average Bonchev–Trinajstić information content (AvgIpc) is 2.78. The number of aliphatic carboxylic acids is 1. The van der Waals surface area contributed by atoms with Gasteiger partial charge in [-0.2, -0.15) is 11.8 Å². The van der Waals surface area contributed by atoms with Crippen LogP contribution in [0, 0.1) is 6.92 Å². The lowest BCUT2D eigenvalue weighted by Gasteiger charge is -2.15. The van der Waals surface area contributed by atoms with Crippen LogP contribution in [0.5, 0.6) is 0 Å². The molecule has 1 aliphatic rings. The van der Waals surface area contributed by atoms with Gasteiger partial charge in [-0.15, -0.1) is 0 Å². The number of hydrogen-bond acceptors (Lipinski definition) is 4. The Morgan fingerprint density at radius 1 is 1.38 bits per heavy atom. The molecule has 21 heavy (non-hydrogen) atoms. The SMILES string of the molecule is CSCC[C@H](NC(=O)c1c(C)oc2c1CCCC2)C(=O)O. The molecule has 0 aromatic carbocycles. The summed E-state index contributed by atoms with van der Waals surface area (Å²) in [5.74, 6) is 0.855. The van der Waals surface area contributed by atoms with E-state index < -0.39 is 12.0 Å². The third-order valence-electron chi connectivity index (χ3n) is 3.79. The van der Waals surface area contributed by atoms with Crippen LogP contribution < -0.4 is 5.32 Å². The van der Waals surface area contributed by atoms with Gasteiger partial charge in [-0.25, -0.2) is 4.79 Å². The predicted octanol–water partition coefficient (Wildman–Crippen LogP) is 2.40. The molecular formula is C15H21NO4S. The number of rotatable bonds is 6. The van der Waals surface area contributed by atoms with E-state index in [1.807, 2.05) is 6.26 Å². The van der Waals surface area contributed by atoms with Crippen molar-refractivity contribution in [2.24, 2.45) is 0 Å². The topological polar surface area (TPSA) is 79.5 Å². The lowest BCUT2D eigenvalue weighted by atomic mass is 9.94. The minimum absolute atomic E-state index is 0.326. The molecule has 0 radical (unpaired) electrons. The zero-order valence-corrected chi connectivity index (χ0v) is 13.2. The van der Waals surface area contributed by atoms with E-state index in [1.54, 1.807) is 18.7 Å². The first-order chi connectivity index (χ1) is 10.0. The Labute approximate surface area is 128 Å². The summed E-state index contributed by atoms with van der Waals surface area (Å²) in [6.07, 6.45) is 6.14. The van der Waals surface area contributed by atoms with Gasteiger partial charge in [-0.3, -0.25) is 4.79 Å². The number of nitrogens with one attached hydrogen (secondary N) is 1. The lowest BCUT2D eigenvalue weighted by molar-refractivity contribution is -0.139. The second kappa shape index (κ2) is 7.02. The molecule has 1 aromatic heterocycles. The maximum atomic E-state index is 12.4. The van der Waals surface area contributed by atoms with Crippen LogP contribution in [0.1, 0.15) is 46.7 Å². The van der Waals surface area contributed by atoms with E-state index in [1.165, 1.54) is 0 Å². The maximum absolute atomic E-state index is 12.4. The summed E-state index contributed by atoms with van der Waals surface area (Å²) in [6, 6.07) is -0.849. The Kier molecular flexibility index (Phi) is 5.33. The third kappa shape index (κ3) is 3.61. The normalized spacial score (nSPS) is 15.3. The fourth-order valence-corrected chi connectivity index (χ4v) is 3.19. The van der Waals surface area contributed by atoms with Crippen LogP contribution >= 0.6 is 11.8 Å². The molecule has 0 saturated heterocycles. The minimum Gasteiger partial charge on any atom is -0.480 e. The molecule has 2 N–H and O–H groups in total. The van der Waals surface area contributed by atoms with E-state index >= 15 is 0 Å². The summed E-state index contributed by atoms with van der Waals surface area (Å²) in [5, 5.41) is 11.8. The van der Waals surface area contributed by atoms with Gasteiger partial charge in [0.15, 0.2) is 0 Å². The number of amides is 1. The Balaban J connectivity index is 2.16. The molecule has 1 heterocycles. The highest BCUT2D eigenvalue weighted by Crippen LogP contribution is 2.29. The minimum atomic E-state index is -0.993. The van der Waals surface area contributed by atoms with Crippen molar-refractivity contribution in [1.82, 2.24) is 5.32 Å². The van der Waals surface area contributed by atoms with Crippen LogP contribution in [-0.2, 0) is 17.6 Å². The molecular weight excluding hydrogens is 290 g/mol. The zero-order valence-electron chi connectivity index (χ0n) is 12.4. The number of carbonyl (C=O) groups excluding carboxylic acids is 1. The van der Waals surface area contributed by atoms with Crippen molar-refractivity contribution in [3.63, 3.8) is 0 Å². The molecule has 0 saturated carbocycles. The van der Waals surface area contributed by atoms with E-state index in [0.29, 0.717) is 23.5 Å². The molecule has 1 amide bonds. The van der Waals surface area contributed by atoms with Crippen molar-refractivity contribution >= 4 is 23.6 Å². The summed E-state index contributed by atoms with van der Waals surface area (Å²) in [7, 11) is 0. The molecule has 6 heteroatoms. The number of hydrogen-bond donors (Lipinski definition) is 2. The Morgan fingerprint density at radius 2 is 2.10 bits per heavy atom. The van der Waals surface area contributed by atoms with Crippen molar-refractivity contribution in [3.8, 4) is 0 Å². The second-order valence-corrected chi connectivity index (χ2v) is 6.27. The number of carboxylic acids is 1. The summed E-state index contributed by atoms with van der Waals surface area (Å²) in [4.78, 5) is 23.7. The van der Waals surface area contributed by atoms with E-state index in [0.717, 1.165) is 37.0 Å². The number of furan rings is 1. The molecule has 0 unspecified atom stereocenters. The first-order valence-electron chi connectivity index (χ1n) is 7.18. The number of fused-ring (bicyclic) bond motifs is 1. The molecule has 1 aromatic rings. The third-order valence-corrected chi connectivity index (χ3v) is 4.43. The summed E-state index contributed by atoms with van der Waals surface area (Å²) < 4.78 is 5.67. The van der Waals surface area contributed by atoms with E-state index in [-0.39, 0.29) is 5.91 Å². The van der Waals surface area contributed by atoms with Crippen LogP contribution in [0.25, 0.3) is 0 Å². The van der Waals surface area contributed by atoms with Crippen LogP contribution in [0.15, 0.2) is 4.42 Å². The van der Waals surface area contributed by atoms with Crippen LogP contribution in [0.2, 0.25) is 0 Å². The van der Waals surface area contributed by atoms with Gasteiger partial charge in [0, 0.05) is 12.0 Å². The summed E-state index contributed by atoms with van der Waals surface area (Å²) >= 11 is 1.56. The van der Waals surface area contributed by atoms with Crippen molar-refractivity contribution in [2.45, 2.75) is 45.1 Å². The zero-order chi connectivity index (χ0) is 15.4. The predicted molar refractivity (Wildman–Crippen MR) is 82.0 cm³/mol. The molecule has 0 bridgehead atoms. The molecule has 2 rings (SSSR count). The van der Waals surface area contributed by atoms with Gasteiger partial charge in [-0.05, 0) is 44.6 Å². The number of carboxylic acid groups (broad SMARTS) is 1. The average molecular weight is 311 g/mol. The van der Waals surface area contributed by atoms with Crippen molar-refractivity contribution in [1.29, 1.82) is 0 Å². The molecule has 1 aliphatic carbocycles. The number of thioether (sulfide) groups is 1. The van der Waals surface area contributed by atoms with Crippen molar-refractivity contribution in [3.05, 3.63) is 22.6 Å². The summed E-state index contributed by atoms with van der Waals surface area (Å²) in [6.45, 7) is 1.77. The molecule has 1 atom stereocenters. The van der Waals surface area contributed by atoms with Crippen molar-refractivity contribution in [2.75, 3.05) is 12.0 Å². The smallest absolute Gasteiger partial charge is 0.326 e. The highest BCUT2D eigenvalue weighted by molar-refractivity contribution is 7.98. The van der Waals surface area contributed by atoms with Gasteiger partial charge < -0.3 is 14.8 Å². The molecule has 5 nitrogen and oxygen atoms in total. The number of carbonyl (C=O) groups is 2. The number of aryl methyl sites for hydroxylation is 2. The Morgan fingerprint density at radius 3 is 2.76 bits per heavy atom. The van der Waals surface area contributed by atoms with Gasteiger partial charge in [0.25, 0.3) is 5.91 Å². The quantitative estimate of drug-likeness (QED) is 0.843. The van der Waals surface area contributed by atoms with Gasteiger partial charge in [-0.1, -0.05) is 0 Å². The van der Waals surface area contributed by atoms with Crippen LogP contribution in [0.4, 0.5) is 0 Å². The monoisotopic (exact) mass is 311 g/mol. The van der Waals surface area contributed by atoms with Crippen LogP contribution in [-0.4, -0.2) is 35.0 Å². The molecule has 0 aliphatic heterocycles. The molecule has 0 fully saturated rings. The second-order valence-electron chi connectivity index (χ2n) is 5.29. The molecule has 116 valence electrons. The largest absolute Gasteiger partial charge is 0.480 e. The fourth-order valence-electron chi connectivity index (χ4n) is 2.72. The van der Waals surface area contributed by atoms with Gasteiger partial charge in [0.1, 0.15) is 17.6 Å². The fraction of sp³-hybridized carbons (Fsp3) is 0.600. The van der Waals surface area contributed by atoms with E-state index in [4.69, 9.17) is 4.42 Å². The van der Waals surface area contributed by atoms with Crippen LogP contribution in [0.3, 0.4) is 0 Å². The van der Waals surface area contributed by atoms with Gasteiger partial charge in [0.2, 0.25) is 0 Å². The maximum Gasteiger partial charge on any atom is 0.326 e. The Bertz CT molecular complexity index is 538. The first kappa shape index (κ1) is 15.9.